The lowest BCUT2D eigenvalue weighted by Crippen LogP contribution is -2.36. The van der Waals surface area contributed by atoms with Gasteiger partial charge in [-0.15, -0.1) is 0 Å². The molecule has 2 aromatic rings. The Bertz CT molecular complexity index is 978. The molecule has 2 aliphatic rings. The Morgan fingerprint density at radius 1 is 1.19 bits per heavy atom. The first-order valence-corrected chi connectivity index (χ1v) is 11.1. The van der Waals surface area contributed by atoms with Gasteiger partial charge in [-0.2, -0.15) is 0 Å². The number of pyridine rings is 1. The highest BCUT2D eigenvalue weighted by Crippen LogP contribution is 2.33. The first-order valence-electron chi connectivity index (χ1n) is 11.1. The molecule has 1 aromatic heterocycles. The lowest BCUT2D eigenvalue weighted by molar-refractivity contribution is 0.0690. The summed E-state index contributed by atoms with van der Waals surface area (Å²) in [7, 11) is 0. The number of nitrogens with one attached hydrogen (secondary N) is 2. The summed E-state index contributed by atoms with van der Waals surface area (Å²) in [6, 6.07) is 9.69. The molecule has 0 spiro atoms. The normalized spacial score (nSPS) is 18.7. The molecule has 0 amide bonds. The molecule has 1 aromatic carbocycles. The van der Waals surface area contributed by atoms with Crippen molar-refractivity contribution in [2.45, 2.75) is 26.3 Å². The number of carboxylic acids is 1. The van der Waals surface area contributed by atoms with E-state index >= 15 is 0 Å². The smallest absolute Gasteiger partial charge is 0.354 e. The topological polar surface area (TPSA) is 108 Å². The monoisotopic (exact) mass is 438 g/mol. The quantitative estimate of drug-likeness (QED) is 0.568. The number of rotatable bonds is 7. The van der Waals surface area contributed by atoms with Crippen LogP contribution in [0.25, 0.3) is 11.1 Å². The van der Waals surface area contributed by atoms with Gasteiger partial charge in [-0.1, -0.05) is 26.0 Å². The second-order valence-corrected chi connectivity index (χ2v) is 8.50. The van der Waals surface area contributed by atoms with Crippen LogP contribution in [0.2, 0.25) is 0 Å². The van der Waals surface area contributed by atoms with Crippen molar-refractivity contribution in [3.63, 3.8) is 0 Å². The SMILES string of the molecule is CC(C)C(=N)c1c(-c2ccc(N3CCOCC3)cc2)cc(C(=O)O)nc1NC1CCOC1. The first kappa shape index (κ1) is 22.2. The molecule has 1 unspecified atom stereocenters. The third kappa shape index (κ3) is 4.76. The average molecular weight is 439 g/mol. The van der Waals surface area contributed by atoms with Crippen LogP contribution in [0.1, 0.15) is 36.3 Å². The molecule has 32 heavy (non-hydrogen) atoms. The molecule has 4 rings (SSSR count). The van der Waals surface area contributed by atoms with Gasteiger partial charge in [0.15, 0.2) is 5.69 Å². The Balaban J connectivity index is 1.78. The van der Waals surface area contributed by atoms with Gasteiger partial charge in [0.25, 0.3) is 0 Å². The van der Waals surface area contributed by atoms with Crippen LogP contribution in [0.5, 0.6) is 0 Å². The maximum atomic E-state index is 11.9. The fourth-order valence-corrected chi connectivity index (χ4v) is 4.06. The predicted molar refractivity (Wildman–Crippen MR) is 124 cm³/mol. The van der Waals surface area contributed by atoms with Crippen molar-refractivity contribution in [2.75, 3.05) is 49.7 Å². The van der Waals surface area contributed by atoms with E-state index in [1.807, 2.05) is 38.1 Å². The minimum Gasteiger partial charge on any atom is -0.477 e. The first-order chi connectivity index (χ1) is 15.4. The molecule has 2 aliphatic heterocycles. The molecule has 8 nitrogen and oxygen atoms in total. The minimum absolute atomic E-state index is 0.0424. The summed E-state index contributed by atoms with van der Waals surface area (Å²) in [4.78, 5) is 18.5. The van der Waals surface area contributed by atoms with E-state index in [2.05, 4.69) is 15.2 Å². The molecule has 0 bridgehead atoms. The van der Waals surface area contributed by atoms with E-state index in [1.54, 1.807) is 6.07 Å². The molecular weight excluding hydrogens is 408 g/mol. The van der Waals surface area contributed by atoms with Crippen molar-refractivity contribution in [1.29, 1.82) is 5.41 Å². The highest BCUT2D eigenvalue weighted by molar-refractivity contribution is 6.10. The van der Waals surface area contributed by atoms with Gasteiger partial charge in [-0.05, 0) is 41.7 Å². The Morgan fingerprint density at radius 3 is 2.50 bits per heavy atom. The molecule has 0 radical (unpaired) electrons. The largest absolute Gasteiger partial charge is 0.477 e. The highest BCUT2D eigenvalue weighted by Gasteiger charge is 2.25. The lowest BCUT2D eigenvalue weighted by Gasteiger charge is -2.29. The van der Waals surface area contributed by atoms with Crippen LogP contribution in [0.15, 0.2) is 30.3 Å². The van der Waals surface area contributed by atoms with E-state index in [-0.39, 0.29) is 17.7 Å². The summed E-state index contributed by atoms with van der Waals surface area (Å²) in [5, 5.41) is 21.8. The minimum atomic E-state index is -1.09. The van der Waals surface area contributed by atoms with Crippen molar-refractivity contribution < 1.29 is 19.4 Å². The zero-order chi connectivity index (χ0) is 22.7. The summed E-state index contributed by atoms with van der Waals surface area (Å²) >= 11 is 0. The van der Waals surface area contributed by atoms with Gasteiger partial charge in [-0.3, -0.25) is 0 Å². The van der Waals surface area contributed by atoms with Crippen LogP contribution in [0.3, 0.4) is 0 Å². The molecule has 2 saturated heterocycles. The average Bonchev–Trinajstić information content (AvgIpc) is 3.32. The maximum absolute atomic E-state index is 11.9. The van der Waals surface area contributed by atoms with Crippen LogP contribution in [-0.4, -0.2) is 67.3 Å². The van der Waals surface area contributed by atoms with E-state index in [4.69, 9.17) is 14.9 Å². The second kappa shape index (κ2) is 9.67. The van der Waals surface area contributed by atoms with E-state index in [1.165, 1.54) is 0 Å². The van der Waals surface area contributed by atoms with Crippen molar-refractivity contribution >= 4 is 23.2 Å². The van der Waals surface area contributed by atoms with E-state index in [0.717, 1.165) is 30.8 Å². The number of hydrogen-bond donors (Lipinski definition) is 3. The van der Waals surface area contributed by atoms with Gasteiger partial charge in [0.1, 0.15) is 5.82 Å². The molecule has 1 atom stereocenters. The summed E-state index contributed by atoms with van der Waals surface area (Å²) in [6.45, 7) is 8.23. The summed E-state index contributed by atoms with van der Waals surface area (Å²) < 4.78 is 10.9. The van der Waals surface area contributed by atoms with Gasteiger partial charge in [0, 0.05) is 36.7 Å². The standard InChI is InChI=1S/C24H30N4O4/c1-15(2)22(25)21-19(16-3-5-18(6-4-16)28-8-11-31-12-9-28)13-20(24(29)30)27-23(21)26-17-7-10-32-14-17/h3-6,13,15,17,25H,7-12,14H2,1-2H3,(H,26,27)(H,29,30). The zero-order valence-electron chi connectivity index (χ0n) is 18.6. The molecule has 170 valence electrons. The molecule has 0 aliphatic carbocycles. The molecule has 0 saturated carbocycles. The Morgan fingerprint density at radius 2 is 1.91 bits per heavy atom. The Labute approximate surface area is 188 Å². The third-order valence-corrected chi connectivity index (χ3v) is 5.91. The van der Waals surface area contributed by atoms with E-state index in [0.29, 0.717) is 49.1 Å². The number of anilines is 2. The molecule has 3 N–H and O–H groups in total. The number of carbonyl (C=O) groups is 1. The molecule has 8 heteroatoms. The van der Waals surface area contributed by atoms with Gasteiger partial charge in [0.05, 0.1) is 25.9 Å². The van der Waals surface area contributed by atoms with Crippen molar-refractivity contribution in [1.82, 2.24) is 4.98 Å². The lowest BCUT2D eigenvalue weighted by atomic mass is 9.91. The molecule has 3 heterocycles. The zero-order valence-corrected chi connectivity index (χ0v) is 18.6. The third-order valence-electron chi connectivity index (χ3n) is 5.91. The molecule has 2 fully saturated rings. The number of ether oxygens (including phenoxy) is 2. The number of aromatic carboxylic acids is 1. The van der Waals surface area contributed by atoms with Crippen molar-refractivity contribution in [3.05, 3.63) is 41.6 Å². The number of carboxylic acid groups (broad SMARTS) is 1. The number of morpholine rings is 1. The van der Waals surface area contributed by atoms with E-state index in [9.17, 15) is 9.90 Å². The Hall–Kier alpha value is -2.97. The van der Waals surface area contributed by atoms with Gasteiger partial charge in [0.2, 0.25) is 0 Å². The fourth-order valence-electron chi connectivity index (χ4n) is 4.06. The maximum Gasteiger partial charge on any atom is 0.354 e. The second-order valence-electron chi connectivity index (χ2n) is 8.50. The fraction of sp³-hybridized carbons (Fsp3) is 0.458. The predicted octanol–water partition coefficient (Wildman–Crippen LogP) is 3.51. The van der Waals surface area contributed by atoms with Crippen LogP contribution >= 0.6 is 0 Å². The van der Waals surface area contributed by atoms with Crippen LogP contribution in [-0.2, 0) is 9.47 Å². The summed E-state index contributed by atoms with van der Waals surface area (Å²) in [6.07, 6.45) is 0.816. The van der Waals surface area contributed by atoms with Gasteiger partial charge in [-0.25, -0.2) is 9.78 Å². The van der Waals surface area contributed by atoms with Crippen LogP contribution in [0.4, 0.5) is 11.5 Å². The van der Waals surface area contributed by atoms with Gasteiger partial charge >= 0.3 is 5.97 Å². The summed E-state index contributed by atoms with van der Waals surface area (Å²) in [5.41, 5.74) is 3.69. The van der Waals surface area contributed by atoms with Crippen molar-refractivity contribution in [2.24, 2.45) is 5.92 Å². The van der Waals surface area contributed by atoms with E-state index < -0.39 is 5.97 Å². The van der Waals surface area contributed by atoms with Crippen LogP contribution in [0, 0.1) is 11.3 Å². The number of nitrogens with zero attached hydrogens (tertiary/aromatic N) is 2. The number of aromatic nitrogens is 1. The van der Waals surface area contributed by atoms with Crippen molar-refractivity contribution in [3.8, 4) is 11.1 Å². The highest BCUT2D eigenvalue weighted by atomic mass is 16.5. The number of benzene rings is 1. The van der Waals surface area contributed by atoms with Crippen LogP contribution < -0.4 is 10.2 Å². The molecular formula is C24H30N4O4. The number of hydrogen-bond acceptors (Lipinski definition) is 7. The van der Waals surface area contributed by atoms with Gasteiger partial charge < -0.3 is 30.2 Å². The summed E-state index contributed by atoms with van der Waals surface area (Å²) in [5.74, 6) is -0.699. The Kier molecular flexibility index (Phi) is 6.72.